The maximum atomic E-state index is 12.1. The number of urea groups is 1. The van der Waals surface area contributed by atoms with Gasteiger partial charge >= 0.3 is 12.0 Å². The molecule has 2 aliphatic rings. The molecule has 8 nitrogen and oxygen atoms in total. The van der Waals surface area contributed by atoms with Crippen LogP contribution >= 0.6 is 0 Å². The van der Waals surface area contributed by atoms with Crippen molar-refractivity contribution in [2.24, 2.45) is 0 Å². The lowest BCUT2D eigenvalue weighted by molar-refractivity contribution is -0.138. The first-order chi connectivity index (χ1) is 9.65. The molecule has 2 saturated heterocycles. The molecule has 2 heterocycles. The molecule has 2 N–H and O–H groups in total. The second-order valence-corrected chi connectivity index (χ2v) is 5.03. The lowest BCUT2D eigenvalue weighted by Gasteiger charge is -2.30. The van der Waals surface area contributed by atoms with Crippen molar-refractivity contribution in [3.8, 4) is 0 Å². The molecule has 0 spiro atoms. The predicted molar refractivity (Wildman–Crippen MR) is 71.2 cm³/mol. The van der Waals surface area contributed by atoms with Gasteiger partial charge in [0.15, 0.2) is 0 Å². The van der Waals surface area contributed by atoms with E-state index in [0.717, 1.165) is 6.42 Å². The Balaban J connectivity index is 1.77. The molecule has 8 heteroatoms. The third-order valence-corrected chi connectivity index (χ3v) is 3.50. The summed E-state index contributed by atoms with van der Waals surface area (Å²) in [5, 5.41) is 10.7. The fourth-order valence-corrected chi connectivity index (χ4v) is 2.40. The Morgan fingerprint density at radius 3 is 2.50 bits per heavy atom. The van der Waals surface area contributed by atoms with Crippen LogP contribution in [0.15, 0.2) is 0 Å². The van der Waals surface area contributed by atoms with Crippen LogP contribution in [0.3, 0.4) is 0 Å². The van der Waals surface area contributed by atoms with Crippen LogP contribution < -0.4 is 5.43 Å². The molecule has 0 saturated carbocycles. The van der Waals surface area contributed by atoms with Crippen molar-refractivity contribution < 1.29 is 19.4 Å². The highest BCUT2D eigenvalue weighted by atomic mass is 16.5. The van der Waals surface area contributed by atoms with E-state index in [1.54, 1.807) is 4.90 Å². The van der Waals surface area contributed by atoms with Crippen molar-refractivity contribution in [1.29, 1.82) is 0 Å². The van der Waals surface area contributed by atoms with E-state index in [9.17, 15) is 9.59 Å². The highest BCUT2D eigenvalue weighted by Gasteiger charge is 2.22. The highest BCUT2D eigenvalue weighted by molar-refractivity contribution is 5.73. The molecule has 0 aromatic heterocycles. The van der Waals surface area contributed by atoms with Crippen LogP contribution in [-0.4, -0.2) is 90.9 Å². The number of aliphatic carboxylic acids is 1. The summed E-state index contributed by atoms with van der Waals surface area (Å²) in [6, 6.07) is -0.107. The Morgan fingerprint density at radius 1 is 1.05 bits per heavy atom. The van der Waals surface area contributed by atoms with Gasteiger partial charge in [-0.1, -0.05) is 0 Å². The number of nitrogens with zero attached hydrogens (tertiary/aromatic N) is 3. The molecular formula is C12H22N4O4. The van der Waals surface area contributed by atoms with Crippen LogP contribution in [0.2, 0.25) is 0 Å². The van der Waals surface area contributed by atoms with Gasteiger partial charge in [0.2, 0.25) is 0 Å². The number of hydrazine groups is 1. The van der Waals surface area contributed by atoms with Gasteiger partial charge in [-0.25, -0.2) is 9.80 Å². The Hall–Kier alpha value is -1.38. The van der Waals surface area contributed by atoms with E-state index >= 15 is 0 Å². The maximum absolute atomic E-state index is 12.1. The van der Waals surface area contributed by atoms with E-state index < -0.39 is 5.97 Å². The fourth-order valence-electron chi connectivity index (χ4n) is 2.40. The van der Waals surface area contributed by atoms with Gasteiger partial charge in [0.1, 0.15) is 0 Å². The van der Waals surface area contributed by atoms with Crippen molar-refractivity contribution in [3.05, 3.63) is 0 Å². The Morgan fingerprint density at radius 2 is 1.80 bits per heavy atom. The highest BCUT2D eigenvalue weighted by Crippen LogP contribution is 2.04. The zero-order valence-corrected chi connectivity index (χ0v) is 11.6. The number of ether oxygens (including phenoxy) is 1. The van der Waals surface area contributed by atoms with Gasteiger partial charge in [-0.15, -0.1) is 0 Å². The summed E-state index contributed by atoms with van der Waals surface area (Å²) in [5.74, 6) is -0.823. The average molecular weight is 286 g/mol. The van der Waals surface area contributed by atoms with E-state index in [4.69, 9.17) is 9.84 Å². The first-order valence-corrected chi connectivity index (χ1v) is 6.97. The number of nitrogens with one attached hydrogen (secondary N) is 1. The average Bonchev–Trinajstić information content (AvgIpc) is 2.65. The lowest BCUT2D eigenvalue weighted by atomic mass is 10.4. The number of hydrogen-bond acceptors (Lipinski definition) is 5. The van der Waals surface area contributed by atoms with Crippen molar-refractivity contribution >= 4 is 12.0 Å². The first kappa shape index (κ1) is 15.0. The topological polar surface area (TPSA) is 85.3 Å². The van der Waals surface area contributed by atoms with Gasteiger partial charge in [-0.05, 0) is 6.42 Å². The molecule has 0 aromatic rings. The molecule has 2 amide bonds. The van der Waals surface area contributed by atoms with E-state index in [1.807, 2.05) is 9.91 Å². The summed E-state index contributed by atoms with van der Waals surface area (Å²) in [7, 11) is 0. The zero-order valence-electron chi connectivity index (χ0n) is 11.6. The van der Waals surface area contributed by atoms with E-state index in [2.05, 4.69) is 5.43 Å². The third kappa shape index (κ3) is 4.62. The molecule has 2 aliphatic heterocycles. The molecule has 2 rings (SSSR count). The van der Waals surface area contributed by atoms with Crippen LogP contribution in [0.5, 0.6) is 0 Å². The maximum Gasteiger partial charge on any atom is 0.331 e. The summed E-state index contributed by atoms with van der Waals surface area (Å²) >= 11 is 0. The number of carboxylic acids is 1. The number of carboxylic acid groups (broad SMARTS) is 1. The van der Waals surface area contributed by atoms with Gasteiger partial charge in [-0.3, -0.25) is 15.1 Å². The van der Waals surface area contributed by atoms with Crippen LogP contribution in [0.1, 0.15) is 6.42 Å². The quantitative estimate of drug-likeness (QED) is 0.695. The van der Waals surface area contributed by atoms with Crippen molar-refractivity contribution in [3.63, 3.8) is 0 Å². The van der Waals surface area contributed by atoms with E-state index in [0.29, 0.717) is 52.5 Å². The molecular weight excluding hydrogens is 264 g/mol. The fraction of sp³-hybridized carbons (Fsp3) is 0.833. The van der Waals surface area contributed by atoms with Crippen LogP contribution in [-0.2, 0) is 9.53 Å². The van der Waals surface area contributed by atoms with Gasteiger partial charge in [-0.2, -0.15) is 0 Å². The minimum absolute atomic E-state index is 0.0406. The minimum atomic E-state index is -0.823. The summed E-state index contributed by atoms with van der Waals surface area (Å²) in [5.41, 5.74) is 2.88. The number of morpholine rings is 1. The first-order valence-electron chi connectivity index (χ1n) is 6.97. The van der Waals surface area contributed by atoms with Crippen molar-refractivity contribution in [2.45, 2.75) is 6.42 Å². The Bertz CT molecular complexity index is 346. The second kappa shape index (κ2) is 7.41. The SMILES string of the molecule is O=C(O)CN1CCCN(C(=O)NN2CCOCC2)CC1. The van der Waals surface area contributed by atoms with Gasteiger partial charge in [0, 0.05) is 39.3 Å². The molecule has 0 aliphatic carbocycles. The molecule has 0 unspecified atom stereocenters. The van der Waals surface area contributed by atoms with Crippen LogP contribution in [0.4, 0.5) is 4.79 Å². The van der Waals surface area contributed by atoms with E-state index in [-0.39, 0.29) is 12.6 Å². The van der Waals surface area contributed by atoms with Crippen molar-refractivity contribution in [2.75, 3.05) is 59.0 Å². The lowest BCUT2D eigenvalue weighted by Crippen LogP contribution is -2.53. The summed E-state index contributed by atoms with van der Waals surface area (Å²) in [6.07, 6.45) is 0.795. The number of carbonyl (C=O) groups excluding carboxylic acids is 1. The molecule has 0 radical (unpaired) electrons. The van der Waals surface area contributed by atoms with Gasteiger partial charge in [0.25, 0.3) is 0 Å². The normalized spacial score (nSPS) is 22.3. The summed E-state index contributed by atoms with van der Waals surface area (Å²) in [4.78, 5) is 26.5. The Labute approximate surface area is 118 Å². The molecule has 0 bridgehead atoms. The Kier molecular flexibility index (Phi) is 5.57. The zero-order chi connectivity index (χ0) is 14.4. The summed E-state index contributed by atoms with van der Waals surface area (Å²) < 4.78 is 5.23. The minimum Gasteiger partial charge on any atom is -0.480 e. The molecule has 114 valence electrons. The smallest absolute Gasteiger partial charge is 0.331 e. The number of carbonyl (C=O) groups is 2. The van der Waals surface area contributed by atoms with Gasteiger partial charge in [0.05, 0.1) is 19.8 Å². The monoisotopic (exact) mass is 286 g/mol. The van der Waals surface area contributed by atoms with Crippen LogP contribution in [0, 0.1) is 0 Å². The second-order valence-electron chi connectivity index (χ2n) is 5.03. The molecule has 0 atom stereocenters. The van der Waals surface area contributed by atoms with Gasteiger partial charge < -0.3 is 14.7 Å². The molecule has 20 heavy (non-hydrogen) atoms. The van der Waals surface area contributed by atoms with E-state index in [1.165, 1.54) is 0 Å². The predicted octanol–water partition coefficient (Wildman–Crippen LogP) is -0.964. The third-order valence-electron chi connectivity index (χ3n) is 3.50. The number of amides is 2. The molecule has 0 aromatic carbocycles. The largest absolute Gasteiger partial charge is 0.480 e. The standard InChI is InChI=1S/C12H22N4O4/c17-11(18)10-14-2-1-3-15(5-4-14)12(19)13-16-6-8-20-9-7-16/h1-10H2,(H,13,19)(H,17,18). The number of hydrogen-bond donors (Lipinski definition) is 2. The number of rotatable bonds is 3. The molecule has 2 fully saturated rings. The summed E-state index contributed by atoms with van der Waals surface area (Å²) in [6.45, 7) is 5.24. The van der Waals surface area contributed by atoms with Crippen LogP contribution in [0.25, 0.3) is 0 Å². The van der Waals surface area contributed by atoms with Crippen molar-refractivity contribution in [1.82, 2.24) is 20.2 Å².